The Hall–Kier alpha value is -3.27. The lowest BCUT2D eigenvalue weighted by Gasteiger charge is -2.15. The Balaban J connectivity index is 2.01. The molecule has 0 saturated heterocycles. The zero-order chi connectivity index (χ0) is 24.3. The SMILES string of the molecule is C#C/C=C/C(Sc1nnc(CCC)n1-c1cccc(C(=O)NCCO)c1)C1=C=CC=C(Cl)C=C1. The molecule has 0 fully saturated rings. The predicted octanol–water partition coefficient (Wildman–Crippen LogP) is 4.37. The number of aliphatic hydroxyl groups is 1. The number of carbonyl (C=O) groups is 1. The molecular weight excluding hydrogens is 468 g/mol. The molecule has 0 spiro atoms. The molecule has 8 heteroatoms. The molecule has 34 heavy (non-hydrogen) atoms. The average Bonchev–Trinajstić information content (AvgIpc) is 3.11. The molecule has 0 radical (unpaired) electrons. The van der Waals surface area contributed by atoms with E-state index in [-0.39, 0.29) is 24.3 Å². The number of nitrogens with one attached hydrogen (secondary N) is 1. The average molecular weight is 493 g/mol. The van der Waals surface area contributed by atoms with Gasteiger partial charge in [0, 0.05) is 29.1 Å². The summed E-state index contributed by atoms with van der Waals surface area (Å²) in [6.45, 7) is 2.15. The number of hydrogen-bond donors (Lipinski definition) is 2. The predicted molar refractivity (Wildman–Crippen MR) is 137 cm³/mol. The summed E-state index contributed by atoms with van der Waals surface area (Å²) in [4.78, 5) is 12.4. The summed E-state index contributed by atoms with van der Waals surface area (Å²) in [5.41, 5.74) is 5.39. The van der Waals surface area contributed by atoms with E-state index in [2.05, 4.69) is 34.1 Å². The van der Waals surface area contributed by atoms with Crippen molar-refractivity contribution in [1.82, 2.24) is 20.1 Å². The lowest BCUT2D eigenvalue weighted by atomic mass is 10.1. The van der Waals surface area contributed by atoms with Gasteiger partial charge in [0.05, 0.1) is 17.5 Å². The van der Waals surface area contributed by atoms with Crippen LogP contribution in [0.4, 0.5) is 0 Å². The van der Waals surface area contributed by atoms with Gasteiger partial charge in [0.25, 0.3) is 5.91 Å². The van der Waals surface area contributed by atoms with Crippen LogP contribution in [0.3, 0.4) is 0 Å². The van der Waals surface area contributed by atoms with Crippen molar-refractivity contribution in [3.63, 3.8) is 0 Å². The summed E-state index contributed by atoms with van der Waals surface area (Å²) in [6, 6.07) is 7.25. The lowest BCUT2D eigenvalue weighted by molar-refractivity contribution is 0.0944. The second-order valence-corrected chi connectivity index (χ2v) is 8.77. The Morgan fingerprint density at radius 3 is 3.03 bits per heavy atom. The Labute approximate surface area is 208 Å². The molecule has 0 saturated carbocycles. The van der Waals surface area contributed by atoms with Gasteiger partial charge in [-0.1, -0.05) is 48.3 Å². The summed E-state index contributed by atoms with van der Waals surface area (Å²) in [6.07, 6.45) is 17.9. The third-order valence-corrected chi connectivity index (χ3v) is 6.15. The van der Waals surface area contributed by atoms with Crippen LogP contribution in [-0.4, -0.2) is 44.2 Å². The highest BCUT2D eigenvalue weighted by Gasteiger charge is 2.20. The molecule has 2 N–H and O–H groups in total. The van der Waals surface area contributed by atoms with Crippen LogP contribution in [0.25, 0.3) is 5.69 Å². The van der Waals surface area contributed by atoms with Crippen molar-refractivity contribution < 1.29 is 9.90 Å². The fraction of sp³-hybridized carbons (Fsp3) is 0.231. The Morgan fingerprint density at radius 1 is 1.41 bits per heavy atom. The van der Waals surface area contributed by atoms with Crippen LogP contribution < -0.4 is 5.32 Å². The van der Waals surface area contributed by atoms with Crippen LogP contribution in [0.2, 0.25) is 0 Å². The molecule has 1 atom stereocenters. The molecule has 2 aromatic rings. The van der Waals surface area contributed by atoms with E-state index in [1.54, 1.807) is 30.4 Å². The van der Waals surface area contributed by atoms with Crippen molar-refractivity contribution in [2.45, 2.75) is 30.2 Å². The van der Waals surface area contributed by atoms with Gasteiger partial charge < -0.3 is 10.4 Å². The van der Waals surface area contributed by atoms with Gasteiger partial charge in [0.15, 0.2) is 5.16 Å². The second kappa shape index (κ2) is 12.8. The molecule has 0 bridgehead atoms. The minimum absolute atomic E-state index is 0.121. The quantitative estimate of drug-likeness (QED) is 0.292. The molecule has 1 unspecified atom stereocenters. The topological polar surface area (TPSA) is 80.0 Å². The molecule has 6 nitrogen and oxygen atoms in total. The Morgan fingerprint density at radius 2 is 2.26 bits per heavy atom. The van der Waals surface area contributed by atoms with Gasteiger partial charge in [-0.3, -0.25) is 9.36 Å². The summed E-state index contributed by atoms with van der Waals surface area (Å²) >= 11 is 7.61. The minimum atomic E-state index is -0.256. The van der Waals surface area contributed by atoms with Gasteiger partial charge in [-0.05, 0) is 55.0 Å². The van der Waals surface area contributed by atoms with Crippen molar-refractivity contribution in [3.8, 4) is 18.0 Å². The largest absolute Gasteiger partial charge is 0.395 e. The van der Waals surface area contributed by atoms with Crippen molar-refractivity contribution in [2.24, 2.45) is 0 Å². The number of amides is 1. The number of aryl methyl sites for hydroxylation is 1. The normalized spacial score (nSPS) is 13.8. The van der Waals surface area contributed by atoms with Gasteiger partial charge in [0.2, 0.25) is 0 Å². The fourth-order valence-electron chi connectivity index (χ4n) is 3.21. The maximum atomic E-state index is 12.4. The first kappa shape index (κ1) is 25.4. The zero-order valence-corrected chi connectivity index (χ0v) is 20.3. The molecule has 1 amide bonds. The first-order valence-corrected chi connectivity index (χ1v) is 12.1. The number of nitrogens with zero attached hydrogens (tertiary/aromatic N) is 3. The highest BCUT2D eigenvalue weighted by atomic mass is 35.5. The number of aromatic nitrogens is 3. The number of terminal acetylenes is 1. The van der Waals surface area contributed by atoms with E-state index < -0.39 is 0 Å². The number of halogens is 1. The van der Waals surface area contributed by atoms with Crippen LogP contribution in [0.5, 0.6) is 0 Å². The number of hydrogen-bond acceptors (Lipinski definition) is 5. The van der Waals surface area contributed by atoms with Crippen molar-refractivity contribution >= 4 is 29.3 Å². The molecule has 1 aliphatic carbocycles. The van der Waals surface area contributed by atoms with Gasteiger partial charge in [-0.2, -0.15) is 0 Å². The number of thioether (sulfide) groups is 1. The van der Waals surface area contributed by atoms with Crippen molar-refractivity contribution in [3.05, 3.63) is 88.4 Å². The summed E-state index contributed by atoms with van der Waals surface area (Å²) in [5.74, 6) is 3.08. The molecule has 1 aromatic carbocycles. The first-order valence-electron chi connectivity index (χ1n) is 10.8. The van der Waals surface area contributed by atoms with Crippen LogP contribution in [0.1, 0.15) is 29.5 Å². The summed E-state index contributed by atoms with van der Waals surface area (Å²) < 4.78 is 1.96. The first-order chi connectivity index (χ1) is 16.6. The molecule has 1 aromatic heterocycles. The smallest absolute Gasteiger partial charge is 0.251 e. The third-order valence-electron chi connectivity index (χ3n) is 4.76. The van der Waals surface area contributed by atoms with E-state index in [1.807, 2.05) is 34.9 Å². The van der Waals surface area contributed by atoms with E-state index in [0.717, 1.165) is 29.9 Å². The second-order valence-electron chi connectivity index (χ2n) is 7.23. The monoisotopic (exact) mass is 492 g/mol. The number of allylic oxidation sites excluding steroid dienone is 5. The molecule has 0 aliphatic heterocycles. The van der Waals surface area contributed by atoms with Gasteiger partial charge in [-0.25, -0.2) is 0 Å². The van der Waals surface area contributed by atoms with E-state index in [1.165, 1.54) is 11.8 Å². The fourth-order valence-corrected chi connectivity index (χ4v) is 4.40. The maximum absolute atomic E-state index is 12.4. The lowest BCUT2D eigenvalue weighted by Crippen LogP contribution is -2.26. The number of aliphatic hydroxyl groups excluding tert-OH is 1. The molecule has 3 rings (SSSR count). The summed E-state index contributed by atoms with van der Waals surface area (Å²) in [7, 11) is 0. The van der Waals surface area contributed by atoms with E-state index >= 15 is 0 Å². The van der Waals surface area contributed by atoms with Crippen LogP contribution in [-0.2, 0) is 6.42 Å². The molecular formula is C26H25ClN4O2S. The number of benzene rings is 1. The summed E-state index contributed by atoms with van der Waals surface area (Å²) in [5, 5.41) is 21.6. The zero-order valence-electron chi connectivity index (χ0n) is 18.7. The van der Waals surface area contributed by atoms with Crippen molar-refractivity contribution in [2.75, 3.05) is 13.2 Å². The molecule has 174 valence electrons. The molecule has 1 aliphatic rings. The molecule has 1 heterocycles. The van der Waals surface area contributed by atoms with Crippen LogP contribution in [0, 0.1) is 12.3 Å². The van der Waals surface area contributed by atoms with E-state index in [9.17, 15) is 4.79 Å². The highest BCUT2D eigenvalue weighted by Crippen LogP contribution is 2.32. The number of carbonyl (C=O) groups excluding carboxylic acids is 1. The van der Waals surface area contributed by atoms with E-state index in [4.69, 9.17) is 23.1 Å². The highest BCUT2D eigenvalue weighted by molar-refractivity contribution is 8.00. The van der Waals surface area contributed by atoms with Gasteiger partial charge in [-0.15, -0.1) is 22.4 Å². The van der Waals surface area contributed by atoms with Gasteiger partial charge in [0.1, 0.15) is 5.82 Å². The Bertz CT molecular complexity index is 1230. The van der Waals surface area contributed by atoms with Crippen molar-refractivity contribution in [1.29, 1.82) is 0 Å². The van der Waals surface area contributed by atoms with Crippen LogP contribution in [0.15, 0.2) is 82.2 Å². The van der Waals surface area contributed by atoms with Gasteiger partial charge >= 0.3 is 0 Å². The Kier molecular flexibility index (Phi) is 9.57. The number of rotatable bonds is 10. The third kappa shape index (κ3) is 6.63. The van der Waals surface area contributed by atoms with E-state index in [0.29, 0.717) is 15.8 Å². The maximum Gasteiger partial charge on any atom is 0.251 e. The minimum Gasteiger partial charge on any atom is -0.395 e. The standard InChI is InChI=1S/C26H25ClN4O2S/c1-3-5-13-23(19-9-6-11-21(27)15-14-19)34-26-30-29-24(8-4-2)31(26)22-12-7-10-20(18-22)25(33)28-16-17-32/h1,5-7,10-15,18,23,32H,4,8,16-17H2,2H3,(H,28,33)/b13-5+. The van der Waals surface area contributed by atoms with Crippen LogP contribution >= 0.6 is 23.4 Å².